The average molecular weight is 353 g/mol. The van der Waals surface area contributed by atoms with Crippen LogP contribution in [0, 0.1) is 11.3 Å². The molecule has 4 N–H and O–H groups in total. The van der Waals surface area contributed by atoms with Gasteiger partial charge in [-0.15, -0.1) is 0 Å². The molecule has 26 heavy (non-hydrogen) atoms. The predicted molar refractivity (Wildman–Crippen MR) is 100 cm³/mol. The van der Waals surface area contributed by atoms with Crippen LogP contribution in [0.15, 0.2) is 24.7 Å². The number of nitrogens with one attached hydrogen (secondary N) is 2. The van der Waals surface area contributed by atoms with Gasteiger partial charge in [-0.05, 0) is 25.0 Å². The summed E-state index contributed by atoms with van der Waals surface area (Å²) in [5, 5.41) is 7.93. The van der Waals surface area contributed by atoms with E-state index in [9.17, 15) is 0 Å². The number of nitrogens with two attached hydrogens (primary N) is 1. The van der Waals surface area contributed by atoms with Crippen LogP contribution in [0.25, 0.3) is 17.5 Å². The summed E-state index contributed by atoms with van der Waals surface area (Å²) in [7, 11) is 0. The molecule has 3 heterocycles. The SMILES string of the molecule is N=C(/C=C\c1ncc(-c2cc(N3CCOC(CN)C3)ncn2)[nH]1)C1CC1. The Morgan fingerprint density at radius 2 is 2.27 bits per heavy atom. The summed E-state index contributed by atoms with van der Waals surface area (Å²) in [6, 6.07) is 1.95. The van der Waals surface area contributed by atoms with Crippen LogP contribution in [-0.2, 0) is 4.74 Å². The van der Waals surface area contributed by atoms with E-state index in [-0.39, 0.29) is 6.10 Å². The van der Waals surface area contributed by atoms with Crippen LogP contribution in [-0.4, -0.2) is 58.0 Å². The standard InChI is InChI=1S/C18H23N7O/c19-8-13-10-25(5-6-26-13)18-7-15(22-11-23-18)16-9-21-17(24-16)4-3-14(20)12-1-2-12/h3-4,7,9,11-13,20H,1-2,5-6,8,10,19H2,(H,21,24)/b4-3-,20-14?. The Bertz CT molecular complexity index is 811. The fourth-order valence-electron chi connectivity index (χ4n) is 2.99. The molecular weight excluding hydrogens is 330 g/mol. The number of nitrogens with zero attached hydrogens (tertiary/aromatic N) is 4. The van der Waals surface area contributed by atoms with Gasteiger partial charge in [0.1, 0.15) is 18.0 Å². The van der Waals surface area contributed by atoms with Crippen LogP contribution in [0.5, 0.6) is 0 Å². The van der Waals surface area contributed by atoms with Gasteiger partial charge in [-0.2, -0.15) is 0 Å². The van der Waals surface area contributed by atoms with E-state index < -0.39 is 0 Å². The number of allylic oxidation sites excluding steroid dienone is 1. The van der Waals surface area contributed by atoms with Crippen LogP contribution < -0.4 is 10.6 Å². The normalized spacial score (nSPS) is 20.7. The van der Waals surface area contributed by atoms with Crippen molar-refractivity contribution in [3.63, 3.8) is 0 Å². The highest BCUT2D eigenvalue weighted by molar-refractivity contribution is 5.98. The number of aromatic amines is 1. The Labute approximate surface area is 152 Å². The largest absolute Gasteiger partial charge is 0.373 e. The number of ether oxygens (including phenoxy) is 1. The zero-order valence-corrected chi connectivity index (χ0v) is 14.6. The van der Waals surface area contributed by atoms with Gasteiger partial charge in [-0.3, -0.25) is 0 Å². The van der Waals surface area contributed by atoms with E-state index in [4.69, 9.17) is 15.9 Å². The Balaban J connectivity index is 1.48. The highest BCUT2D eigenvalue weighted by Gasteiger charge is 2.24. The molecule has 8 nitrogen and oxygen atoms in total. The molecule has 0 aromatic carbocycles. The fraction of sp³-hybridized carbons (Fsp3) is 0.444. The molecule has 0 radical (unpaired) electrons. The molecule has 1 saturated carbocycles. The molecule has 0 bridgehead atoms. The van der Waals surface area contributed by atoms with Gasteiger partial charge in [0, 0.05) is 37.3 Å². The second kappa shape index (κ2) is 7.35. The quantitative estimate of drug-likeness (QED) is 0.677. The highest BCUT2D eigenvalue weighted by Crippen LogP contribution is 2.30. The van der Waals surface area contributed by atoms with E-state index in [0.29, 0.717) is 24.8 Å². The first-order valence-corrected chi connectivity index (χ1v) is 8.93. The molecule has 1 unspecified atom stereocenters. The molecule has 0 spiro atoms. The number of morpholine rings is 1. The summed E-state index contributed by atoms with van der Waals surface area (Å²) in [6.07, 6.45) is 9.29. The number of aromatic nitrogens is 4. The number of hydrogen-bond acceptors (Lipinski definition) is 7. The van der Waals surface area contributed by atoms with E-state index in [2.05, 4.69) is 24.8 Å². The molecule has 2 aliphatic rings. The van der Waals surface area contributed by atoms with Gasteiger partial charge in [0.15, 0.2) is 0 Å². The van der Waals surface area contributed by atoms with Crippen LogP contribution in [0.2, 0.25) is 0 Å². The zero-order chi connectivity index (χ0) is 17.9. The van der Waals surface area contributed by atoms with Crippen molar-refractivity contribution in [3.05, 3.63) is 30.5 Å². The van der Waals surface area contributed by atoms with Crippen LogP contribution in [0.4, 0.5) is 5.82 Å². The molecule has 8 heteroatoms. The van der Waals surface area contributed by atoms with Crippen molar-refractivity contribution in [2.24, 2.45) is 11.7 Å². The number of H-pyrrole nitrogens is 1. The minimum Gasteiger partial charge on any atom is -0.373 e. The maximum absolute atomic E-state index is 7.93. The van der Waals surface area contributed by atoms with E-state index in [1.165, 1.54) is 0 Å². The lowest BCUT2D eigenvalue weighted by Crippen LogP contribution is -2.46. The van der Waals surface area contributed by atoms with Crippen LogP contribution in [0.1, 0.15) is 18.7 Å². The van der Waals surface area contributed by atoms with E-state index in [0.717, 1.165) is 49.0 Å². The Kier molecular flexibility index (Phi) is 4.77. The molecule has 1 aliphatic carbocycles. The van der Waals surface area contributed by atoms with Gasteiger partial charge in [-0.25, -0.2) is 15.0 Å². The molecule has 136 valence electrons. The Morgan fingerprint density at radius 1 is 1.38 bits per heavy atom. The summed E-state index contributed by atoms with van der Waals surface area (Å²) in [6.45, 7) is 2.66. The zero-order valence-electron chi connectivity index (χ0n) is 14.6. The smallest absolute Gasteiger partial charge is 0.132 e. The summed E-state index contributed by atoms with van der Waals surface area (Å²) in [5.41, 5.74) is 8.01. The van der Waals surface area contributed by atoms with Crippen molar-refractivity contribution < 1.29 is 4.74 Å². The number of hydrogen-bond donors (Lipinski definition) is 3. The van der Waals surface area contributed by atoms with Crippen molar-refractivity contribution in [1.82, 2.24) is 19.9 Å². The van der Waals surface area contributed by atoms with Crippen molar-refractivity contribution >= 4 is 17.6 Å². The van der Waals surface area contributed by atoms with Gasteiger partial charge in [0.25, 0.3) is 0 Å². The third-order valence-electron chi connectivity index (χ3n) is 4.69. The number of imidazole rings is 1. The van der Waals surface area contributed by atoms with Gasteiger partial charge >= 0.3 is 0 Å². The molecule has 1 atom stereocenters. The van der Waals surface area contributed by atoms with Crippen molar-refractivity contribution in [2.45, 2.75) is 18.9 Å². The molecular formula is C18H23N7O. The van der Waals surface area contributed by atoms with Gasteiger partial charge in [0.05, 0.1) is 30.3 Å². The molecule has 2 aromatic rings. The second-order valence-electron chi connectivity index (χ2n) is 6.68. The third-order valence-corrected chi connectivity index (χ3v) is 4.69. The minimum absolute atomic E-state index is 0.0350. The second-order valence-corrected chi connectivity index (χ2v) is 6.68. The first-order valence-electron chi connectivity index (χ1n) is 8.93. The number of anilines is 1. The molecule has 2 aromatic heterocycles. The van der Waals surface area contributed by atoms with Crippen molar-refractivity contribution in [1.29, 1.82) is 5.41 Å². The minimum atomic E-state index is 0.0350. The van der Waals surface area contributed by atoms with Crippen LogP contribution in [0.3, 0.4) is 0 Å². The lowest BCUT2D eigenvalue weighted by atomic mass is 10.2. The average Bonchev–Trinajstić information content (AvgIpc) is 3.44. The van der Waals surface area contributed by atoms with Gasteiger partial charge in [0.2, 0.25) is 0 Å². The predicted octanol–water partition coefficient (Wildman–Crippen LogP) is 1.47. The Hall–Kier alpha value is -2.58. The lowest BCUT2D eigenvalue weighted by Gasteiger charge is -2.33. The summed E-state index contributed by atoms with van der Waals surface area (Å²) >= 11 is 0. The molecule has 1 saturated heterocycles. The first kappa shape index (κ1) is 16.9. The van der Waals surface area contributed by atoms with E-state index in [1.54, 1.807) is 12.5 Å². The molecule has 1 aliphatic heterocycles. The summed E-state index contributed by atoms with van der Waals surface area (Å²) in [5.74, 6) is 2.02. The molecule has 2 fully saturated rings. The summed E-state index contributed by atoms with van der Waals surface area (Å²) < 4.78 is 5.61. The number of rotatable bonds is 6. The highest BCUT2D eigenvalue weighted by atomic mass is 16.5. The maximum Gasteiger partial charge on any atom is 0.132 e. The monoisotopic (exact) mass is 353 g/mol. The lowest BCUT2D eigenvalue weighted by molar-refractivity contribution is 0.0463. The topological polar surface area (TPSA) is 117 Å². The van der Waals surface area contributed by atoms with Crippen molar-refractivity contribution in [3.8, 4) is 11.4 Å². The van der Waals surface area contributed by atoms with Crippen LogP contribution >= 0.6 is 0 Å². The van der Waals surface area contributed by atoms with E-state index >= 15 is 0 Å². The van der Waals surface area contributed by atoms with Crippen molar-refractivity contribution in [2.75, 3.05) is 31.1 Å². The summed E-state index contributed by atoms with van der Waals surface area (Å²) in [4.78, 5) is 18.5. The fourth-order valence-corrected chi connectivity index (χ4v) is 2.99. The Morgan fingerprint density at radius 3 is 3.08 bits per heavy atom. The molecule has 4 rings (SSSR count). The third kappa shape index (κ3) is 3.81. The van der Waals surface area contributed by atoms with Gasteiger partial charge < -0.3 is 25.8 Å². The maximum atomic E-state index is 7.93. The molecule has 0 amide bonds. The first-order chi connectivity index (χ1) is 12.7. The van der Waals surface area contributed by atoms with E-state index in [1.807, 2.05) is 18.2 Å². The van der Waals surface area contributed by atoms with Gasteiger partial charge in [-0.1, -0.05) is 0 Å².